The van der Waals surface area contributed by atoms with Gasteiger partial charge in [0.1, 0.15) is 11.6 Å². The Labute approximate surface area is 154 Å². The van der Waals surface area contributed by atoms with Gasteiger partial charge in [-0.15, -0.1) is 0 Å². The number of amides is 1. The number of nitrogens with zero attached hydrogens (tertiary/aromatic N) is 4. The monoisotopic (exact) mass is 356 g/mol. The number of benzene rings is 1. The molecule has 0 saturated carbocycles. The van der Waals surface area contributed by atoms with Crippen LogP contribution in [0, 0.1) is 5.82 Å². The van der Waals surface area contributed by atoms with Crippen LogP contribution in [0.15, 0.2) is 42.6 Å². The van der Waals surface area contributed by atoms with Crippen molar-refractivity contribution in [3.63, 3.8) is 0 Å². The van der Waals surface area contributed by atoms with Crippen LogP contribution in [0.1, 0.15) is 15.9 Å². The molecule has 1 amide bonds. The van der Waals surface area contributed by atoms with Crippen molar-refractivity contribution in [1.29, 1.82) is 0 Å². The van der Waals surface area contributed by atoms with E-state index in [1.807, 2.05) is 42.1 Å². The number of piperazine rings is 1. The molecule has 26 heavy (non-hydrogen) atoms. The molecule has 1 saturated heterocycles. The van der Waals surface area contributed by atoms with Gasteiger partial charge in [0.25, 0.3) is 5.91 Å². The molecule has 0 N–H and O–H groups in total. The third-order valence-electron chi connectivity index (χ3n) is 4.73. The van der Waals surface area contributed by atoms with Crippen LogP contribution in [-0.4, -0.2) is 67.5 Å². The second-order valence-corrected chi connectivity index (χ2v) is 6.78. The molecule has 1 aromatic carbocycles. The molecule has 1 aliphatic heterocycles. The van der Waals surface area contributed by atoms with E-state index in [1.54, 1.807) is 12.3 Å². The van der Waals surface area contributed by atoms with Crippen LogP contribution < -0.4 is 4.90 Å². The van der Waals surface area contributed by atoms with Crippen molar-refractivity contribution < 1.29 is 9.18 Å². The summed E-state index contributed by atoms with van der Waals surface area (Å²) in [5, 5.41) is 0. The van der Waals surface area contributed by atoms with E-state index in [0.717, 1.165) is 31.6 Å². The minimum atomic E-state index is -0.201. The molecule has 0 atom stereocenters. The summed E-state index contributed by atoms with van der Waals surface area (Å²) in [5.41, 5.74) is 1.79. The Morgan fingerprint density at radius 1 is 1.12 bits per heavy atom. The van der Waals surface area contributed by atoms with Gasteiger partial charge in [-0.1, -0.05) is 12.1 Å². The van der Waals surface area contributed by atoms with Gasteiger partial charge in [-0.3, -0.25) is 9.69 Å². The quantitative estimate of drug-likeness (QED) is 0.824. The number of carbonyl (C=O) groups excluding carboxylic acids is 1. The Kier molecular flexibility index (Phi) is 5.83. The number of pyridine rings is 1. The zero-order valence-corrected chi connectivity index (χ0v) is 15.4. The van der Waals surface area contributed by atoms with E-state index >= 15 is 0 Å². The fourth-order valence-electron chi connectivity index (χ4n) is 3.20. The molecule has 0 aliphatic carbocycles. The molecule has 0 spiro atoms. The third kappa shape index (κ3) is 4.38. The highest BCUT2D eigenvalue weighted by Crippen LogP contribution is 2.18. The van der Waals surface area contributed by atoms with E-state index in [-0.39, 0.29) is 11.7 Å². The summed E-state index contributed by atoms with van der Waals surface area (Å²) in [4.78, 5) is 23.3. The van der Waals surface area contributed by atoms with Crippen LogP contribution in [0.5, 0.6) is 0 Å². The number of hydrogen-bond acceptors (Lipinski definition) is 4. The van der Waals surface area contributed by atoms with E-state index in [4.69, 9.17) is 0 Å². The number of halogens is 1. The van der Waals surface area contributed by atoms with E-state index in [9.17, 15) is 9.18 Å². The van der Waals surface area contributed by atoms with Crippen LogP contribution in [0.25, 0.3) is 0 Å². The van der Waals surface area contributed by atoms with Crippen molar-refractivity contribution in [2.24, 2.45) is 0 Å². The first-order valence-corrected chi connectivity index (χ1v) is 8.93. The number of hydrogen-bond donors (Lipinski definition) is 0. The summed E-state index contributed by atoms with van der Waals surface area (Å²) >= 11 is 0. The van der Waals surface area contributed by atoms with Crippen LogP contribution in [-0.2, 0) is 6.42 Å². The molecule has 0 bridgehead atoms. The summed E-state index contributed by atoms with van der Waals surface area (Å²) in [6.07, 6.45) is 2.60. The summed E-state index contributed by atoms with van der Waals surface area (Å²) in [5.74, 6) is 0.546. The smallest absolute Gasteiger partial charge is 0.257 e. The van der Waals surface area contributed by atoms with Crippen LogP contribution >= 0.6 is 0 Å². The van der Waals surface area contributed by atoms with Crippen molar-refractivity contribution in [2.45, 2.75) is 6.42 Å². The second kappa shape index (κ2) is 8.27. The first-order chi connectivity index (χ1) is 12.5. The first kappa shape index (κ1) is 18.3. The highest BCUT2D eigenvalue weighted by atomic mass is 19.1. The average Bonchev–Trinajstić information content (AvgIpc) is 2.67. The number of anilines is 1. The fraction of sp³-hybridized carbons (Fsp3) is 0.400. The maximum absolute atomic E-state index is 13.0. The van der Waals surface area contributed by atoms with E-state index in [1.165, 1.54) is 12.1 Å². The predicted octanol–water partition coefficient (Wildman–Crippen LogP) is 2.29. The largest absolute Gasteiger partial charge is 0.362 e. The minimum Gasteiger partial charge on any atom is -0.362 e. The molecule has 6 heteroatoms. The molecule has 5 nitrogen and oxygen atoms in total. The van der Waals surface area contributed by atoms with Gasteiger partial charge in [0.2, 0.25) is 0 Å². The highest BCUT2D eigenvalue weighted by molar-refractivity contribution is 5.98. The zero-order chi connectivity index (χ0) is 18.5. The number of carbonyl (C=O) groups is 1. The normalized spacial score (nSPS) is 15.1. The maximum Gasteiger partial charge on any atom is 0.257 e. The van der Waals surface area contributed by atoms with E-state index in [0.29, 0.717) is 24.5 Å². The van der Waals surface area contributed by atoms with Crippen molar-refractivity contribution in [2.75, 3.05) is 51.7 Å². The molecule has 138 valence electrons. The Morgan fingerprint density at radius 3 is 2.46 bits per heavy atom. The lowest BCUT2D eigenvalue weighted by Gasteiger charge is -2.35. The Hall–Kier alpha value is -2.47. The molecule has 2 heterocycles. The second-order valence-electron chi connectivity index (χ2n) is 6.78. The minimum absolute atomic E-state index is 0.0417. The fourth-order valence-corrected chi connectivity index (χ4v) is 3.20. The summed E-state index contributed by atoms with van der Waals surface area (Å²) in [6.45, 7) is 4.05. The van der Waals surface area contributed by atoms with Gasteiger partial charge < -0.3 is 9.80 Å². The van der Waals surface area contributed by atoms with Crippen molar-refractivity contribution in [3.05, 3.63) is 59.5 Å². The Bertz CT molecular complexity index is 740. The average molecular weight is 356 g/mol. The molecular formula is C20H25FN4O. The molecule has 0 unspecified atom stereocenters. The van der Waals surface area contributed by atoms with Gasteiger partial charge in [-0.25, -0.2) is 9.37 Å². The number of aromatic nitrogens is 1. The summed E-state index contributed by atoms with van der Waals surface area (Å²) in [7, 11) is 3.79. The summed E-state index contributed by atoms with van der Waals surface area (Å²) < 4.78 is 13.0. The van der Waals surface area contributed by atoms with Crippen LogP contribution in [0.2, 0.25) is 0 Å². The first-order valence-electron chi connectivity index (χ1n) is 8.93. The topological polar surface area (TPSA) is 39.7 Å². The lowest BCUT2D eigenvalue weighted by atomic mass is 10.1. The van der Waals surface area contributed by atoms with Crippen LogP contribution in [0.4, 0.5) is 10.2 Å². The lowest BCUT2D eigenvalue weighted by molar-refractivity contribution is 0.0639. The van der Waals surface area contributed by atoms with Gasteiger partial charge in [0.15, 0.2) is 0 Å². The SMILES string of the molecule is CN(C)c1ncccc1C(=O)N1CCN(CCc2ccc(F)cc2)CC1. The van der Waals surface area contributed by atoms with Gasteiger partial charge in [0.05, 0.1) is 5.56 Å². The Balaban J connectivity index is 1.53. The molecule has 0 radical (unpaired) electrons. The van der Waals surface area contributed by atoms with Crippen molar-refractivity contribution in [3.8, 4) is 0 Å². The standard InChI is InChI=1S/C20H25FN4O/c1-23(2)19-18(4-3-10-22-19)20(26)25-14-12-24(13-15-25)11-9-16-5-7-17(21)8-6-16/h3-8,10H,9,11-15H2,1-2H3. The van der Waals surface area contributed by atoms with E-state index in [2.05, 4.69) is 9.88 Å². The zero-order valence-electron chi connectivity index (χ0n) is 15.4. The number of rotatable bonds is 5. The summed E-state index contributed by atoms with van der Waals surface area (Å²) in [6, 6.07) is 10.3. The highest BCUT2D eigenvalue weighted by Gasteiger charge is 2.24. The maximum atomic E-state index is 13.0. The van der Waals surface area contributed by atoms with E-state index < -0.39 is 0 Å². The van der Waals surface area contributed by atoms with Gasteiger partial charge in [0, 0.05) is 53.0 Å². The van der Waals surface area contributed by atoms with Crippen molar-refractivity contribution in [1.82, 2.24) is 14.8 Å². The Morgan fingerprint density at radius 2 is 1.81 bits per heavy atom. The molecule has 2 aromatic rings. The molecule has 1 aliphatic rings. The van der Waals surface area contributed by atoms with Gasteiger partial charge >= 0.3 is 0 Å². The van der Waals surface area contributed by atoms with Gasteiger partial charge in [-0.05, 0) is 36.2 Å². The predicted molar refractivity (Wildman–Crippen MR) is 101 cm³/mol. The molecule has 3 rings (SSSR count). The van der Waals surface area contributed by atoms with Crippen LogP contribution in [0.3, 0.4) is 0 Å². The molecule has 1 aromatic heterocycles. The molecule has 1 fully saturated rings. The lowest BCUT2D eigenvalue weighted by Crippen LogP contribution is -2.49. The van der Waals surface area contributed by atoms with Crippen molar-refractivity contribution >= 4 is 11.7 Å². The third-order valence-corrected chi connectivity index (χ3v) is 4.73. The van der Waals surface area contributed by atoms with Gasteiger partial charge in [-0.2, -0.15) is 0 Å². The molecular weight excluding hydrogens is 331 g/mol.